The van der Waals surface area contributed by atoms with Crippen LogP contribution in [0.5, 0.6) is 0 Å². The van der Waals surface area contributed by atoms with E-state index in [4.69, 9.17) is 9.47 Å². The highest BCUT2D eigenvalue weighted by molar-refractivity contribution is 9.11. The Hall–Kier alpha value is -1.27. The first-order valence-electron chi connectivity index (χ1n) is 5.23. The number of halogens is 1. The number of carbonyl (C=O) groups excluding carboxylic acids is 1. The van der Waals surface area contributed by atoms with Crippen molar-refractivity contribution < 1.29 is 14.3 Å². The van der Waals surface area contributed by atoms with Crippen molar-refractivity contribution >= 4 is 21.9 Å². The summed E-state index contributed by atoms with van der Waals surface area (Å²) in [4.78, 5) is 11.8. The van der Waals surface area contributed by atoms with Gasteiger partial charge in [-0.3, -0.25) is 5.01 Å². The van der Waals surface area contributed by atoms with Crippen molar-refractivity contribution in [2.45, 2.75) is 6.92 Å². The molecule has 0 bridgehead atoms. The first-order chi connectivity index (χ1) is 8.17. The summed E-state index contributed by atoms with van der Waals surface area (Å²) in [6, 6.07) is 0. The Morgan fingerprint density at radius 3 is 3.06 bits per heavy atom. The van der Waals surface area contributed by atoms with E-state index >= 15 is 0 Å². The Balaban J connectivity index is 2.37. The second-order valence-electron chi connectivity index (χ2n) is 3.48. The SMILES string of the molecule is CCOC(=O)C1=C2C(OC)=CC(Br)=CN2NC1. The molecule has 2 heterocycles. The quantitative estimate of drug-likeness (QED) is 0.799. The lowest BCUT2D eigenvalue weighted by Gasteiger charge is -2.23. The molecule has 6 heteroatoms. The van der Waals surface area contributed by atoms with Crippen LogP contribution in [0.4, 0.5) is 0 Å². The summed E-state index contributed by atoms with van der Waals surface area (Å²) in [6.07, 6.45) is 3.65. The molecule has 92 valence electrons. The Kier molecular flexibility index (Phi) is 3.54. The molecule has 2 aliphatic rings. The molecule has 0 aromatic heterocycles. The highest BCUT2D eigenvalue weighted by Crippen LogP contribution is 2.31. The topological polar surface area (TPSA) is 50.8 Å². The van der Waals surface area contributed by atoms with Crippen LogP contribution in [-0.4, -0.2) is 31.2 Å². The maximum absolute atomic E-state index is 11.8. The van der Waals surface area contributed by atoms with Gasteiger partial charge in [0.2, 0.25) is 0 Å². The second kappa shape index (κ2) is 4.93. The molecule has 0 amide bonds. The van der Waals surface area contributed by atoms with Gasteiger partial charge in [-0.1, -0.05) is 0 Å². The highest BCUT2D eigenvalue weighted by Gasteiger charge is 2.32. The number of nitrogens with zero attached hydrogens (tertiary/aromatic N) is 1. The molecule has 0 aromatic carbocycles. The summed E-state index contributed by atoms with van der Waals surface area (Å²) in [5.74, 6) is 0.319. The molecular formula is C11H13BrN2O3. The number of nitrogens with one attached hydrogen (secondary N) is 1. The number of hydrogen-bond donors (Lipinski definition) is 1. The summed E-state index contributed by atoms with van der Waals surface area (Å²) in [6.45, 7) is 2.58. The van der Waals surface area contributed by atoms with Gasteiger partial charge in [-0.15, -0.1) is 0 Å². The number of esters is 1. The van der Waals surface area contributed by atoms with E-state index in [2.05, 4.69) is 21.4 Å². The first kappa shape index (κ1) is 12.2. The Labute approximate surface area is 108 Å². The Morgan fingerprint density at radius 2 is 2.41 bits per heavy atom. The van der Waals surface area contributed by atoms with E-state index in [9.17, 15) is 4.79 Å². The molecule has 0 aliphatic carbocycles. The Bertz CT molecular complexity index is 440. The van der Waals surface area contributed by atoms with E-state index in [1.807, 2.05) is 12.3 Å². The minimum atomic E-state index is -0.313. The first-order valence-corrected chi connectivity index (χ1v) is 6.03. The maximum atomic E-state index is 11.8. The van der Waals surface area contributed by atoms with Crippen LogP contribution in [0.25, 0.3) is 0 Å². The van der Waals surface area contributed by atoms with Crippen molar-refractivity contribution in [1.29, 1.82) is 0 Å². The van der Waals surface area contributed by atoms with E-state index in [0.717, 1.165) is 4.48 Å². The van der Waals surface area contributed by atoms with Gasteiger partial charge >= 0.3 is 5.97 Å². The third-order valence-corrected chi connectivity index (χ3v) is 2.88. The van der Waals surface area contributed by atoms with Crippen LogP contribution in [-0.2, 0) is 14.3 Å². The maximum Gasteiger partial charge on any atom is 0.337 e. The highest BCUT2D eigenvalue weighted by atomic mass is 79.9. The molecule has 0 unspecified atom stereocenters. The zero-order valence-corrected chi connectivity index (χ0v) is 11.2. The minimum Gasteiger partial charge on any atom is -0.494 e. The van der Waals surface area contributed by atoms with Gasteiger partial charge in [-0.25, -0.2) is 10.2 Å². The van der Waals surface area contributed by atoms with Crippen LogP contribution in [0.3, 0.4) is 0 Å². The summed E-state index contributed by atoms with van der Waals surface area (Å²) < 4.78 is 11.2. The van der Waals surface area contributed by atoms with Crippen LogP contribution >= 0.6 is 15.9 Å². The van der Waals surface area contributed by atoms with Crippen molar-refractivity contribution in [1.82, 2.24) is 10.4 Å². The number of ether oxygens (including phenoxy) is 2. The number of rotatable bonds is 3. The van der Waals surface area contributed by atoms with Crippen molar-refractivity contribution in [2.75, 3.05) is 20.3 Å². The third-order valence-electron chi connectivity index (χ3n) is 2.45. The number of methoxy groups -OCH3 is 1. The van der Waals surface area contributed by atoms with Gasteiger partial charge in [0.05, 0.1) is 19.3 Å². The molecule has 0 aromatic rings. The number of hydrogen-bond acceptors (Lipinski definition) is 5. The van der Waals surface area contributed by atoms with Gasteiger partial charge in [0.25, 0.3) is 0 Å². The van der Waals surface area contributed by atoms with Crippen LogP contribution in [0.15, 0.2) is 33.8 Å². The van der Waals surface area contributed by atoms with E-state index in [1.54, 1.807) is 19.0 Å². The number of carbonyl (C=O) groups is 1. The molecule has 5 nitrogen and oxygen atoms in total. The molecule has 0 fully saturated rings. The minimum absolute atomic E-state index is 0.313. The molecule has 0 spiro atoms. The van der Waals surface area contributed by atoms with E-state index < -0.39 is 0 Å². The fourth-order valence-electron chi connectivity index (χ4n) is 1.75. The number of fused-ring (bicyclic) bond motifs is 1. The molecule has 2 rings (SSSR count). The molecule has 17 heavy (non-hydrogen) atoms. The lowest BCUT2D eigenvalue weighted by molar-refractivity contribution is -0.138. The van der Waals surface area contributed by atoms with Gasteiger partial charge in [0, 0.05) is 17.2 Å². The molecular weight excluding hydrogens is 288 g/mol. The largest absolute Gasteiger partial charge is 0.494 e. The zero-order valence-electron chi connectivity index (χ0n) is 9.62. The van der Waals surface area contributed by atoms with Crippen LogP contribution in [0, 0.1) is 0 Å². The standard InChI is InChI=1S/C11H13BrN2O3/c1-3-17-11(15)8-5-13-14-6-7(12)4-9(16-2)10(8)14/h4,6,13H,3,5H2,1-2H3. The monoisotopic (exact) mass is 300 g/mol. The Morgan fingerprint density at radius 1 is 1.65 bits per heavy atom. The fourth-order valence-corrected chi connectivity index (χ4v) is 2.16. The third kappa shape index (κ3) is 2.23. The van der Waals surface area contributed by atoms with Crippen LogP contribution < -0.4 is 5.43 Å². The zero-order chi connectivity index (χ0) is 12.4. The number of hydrazine groups is 1. The normalized spacial score (nSPS) is 18.6. The van der Waals surface area contributed by atoms with Crippen molar-refractivity contribution in [3.8, 4) is 0 Å². The average molecular weight is 301 g/mol. The predicted octanol–water partition coefficient (Wildman–Crippen LogP) is 1.40. The smallest absolute Gasteiger partial charge is 0.337 e. The predicted molar refractivity (Wildman–Crippen MR) is 65.6 cm³/mol. The van der Waals surface area contributed by atoms with Crippen molar-refractivity contribution in [2.24, 2.45) is 0 Å². The lowest BCUT2D eigenvalue weighted by atomic mass is 10.1. The number of allylic oxidation sites excluding steroid dienone is 2. The summed E-state index contributed by atoms with van der Waals surface area (Å²) in [5.41, 5.74) is 4.37. The van der Waals surface area contributed by atoms with E-state index in [-0.39, 0.29) is 5.97 Å². The summed E-state index contributed by atoms with van der Waals surface area (Å²) in [5, 5.41) is 1.76. The van der Waals surface area contributed by atoms with Crippen LogP contribution in [0.2, 0.25) is 0 Å². The van der Waals surface area contributed by atoms with Gasteiger partial charge in [-0.2, -0.15) is 0 Å². The summed E-state index contributed by atoms with van der Waals surface area (Å²) >= 11 is 3.38. The molecule has 0 saturated heterocycles. The van der Waals surface area contributed by atoms with Gasteiger partial charge in [0.15, 0.2) is 0 Å². The fraction of sp³-hybridized carbons (Fsp3) is 0.364. The van der Waals surface area contributed by atoms with Gasteiger partial charge in [-0.05, 0) is 28.9 Å². The molecule has 0 radical (unpaired) electrons. The van der Waals surface area contributed by atoms with E-state index in [1.165, 1.54) is 0 Å². The molecule has 1 N–H and O–H groups in total. The van der Waals surface area contributed by atoms with Crippen molar-refractivity contribution in [3.05, 3.63) is 33.8 Å². The van der Waals surface area contributed by atoms with Gasteiger partial charge in [0.1, 0.15) is 11.5 Å². The molecule has 2 aliphatic heterocycles. The van der Waals surface area contributed by atoms with Gasteiger partial charge < -0.3 is 9.47 Å². The van der Waals surface area contributed by atoms with Crippen LogP contribution in [0.1, 0.15) is 6.92 Å². The lowest BCUT2D eigenvalue weighted by Crippen LogP contribution is -2.29. The second-order valence-corrected chi connectivity index (χ2v) is 4.39. The summed E-state index contributed by atoms with van der Waals surface area (Å²) in [7, 11) is 1.57. The molecule has 0 atom stereocenters. The average Bonchev–Trinajstić information content (AvgIpc) is 2.71. The molecule has 0 saturated carbocycles. The van der Waals surface area contributed by atoms with E-state index in [0.29, 0.717) is 30.2 Å². The van der Waals surface area contributed by atoms with Crippen molar-refractivity contribution in [3.63, 3.8) is 0 Å².